The van der Waals surface area contributed by atoms with E-state index >= 15 is 0 Å². The summed E-state index contributed by atoms with van der Waals surface area (Å²) >= 11 is 0. The van der Waals surface area contributed by atoms with Gasteiger partial charge in [0.25, 0.3) is 0 Å². The van der Waals surface area contributed by atoms with Gasteiger partial charge in [0.1, 0.15) is 0 Å². The quantitative estimate of drug-likeness (QED) is 0.835. The molecule has 0 atom stereocenters. The van der Waals surface area contributed by atoms with Crippen LogP contribution >= 0.6 is 0 Å². The monoisotopic (exact) mass is 239 g/mol. The van der Waals surface area contributed by atoms with E-state index in [0.29, 0.717) is 0 Å². The van der Waals surface area contributed by atoms with E-state index in [-0.39, 0.29) is 0 Å². The molecule has 2 N–H and O–H groups in total. The third-order valence-electron chi connectivity index (χ3n) is 3.52. The molecule has 92 valence electrons. The summed E-state index contributed by atoms with van der Waals surface area (Å²) in [7, 11) is 0. The fraction of sp³-hybridized carbons (Fsp3) is 0.267. The molecule has 3 nitrogen and oxygen atoms in total. The van der Waals surface area contributed by atoms with Crippen LogP contribution in [0.2, 0.25) is 0 Å². The minimum Gasteiger partial charge on any atom is -0.398 e. The summed E-state index contributed by atoms with van der Waals surface area (Å²) in [6.07, 6.45) is 4.80. The van der Waals surface area contributed by atoms with Crippen molar-refractivity contribution in [2.75, 3.05) is 12.3 Å². The average molecular weight is 239 g/mol. The Morgan fingerprint density at radius 1 is 1.17 bits per heavy atom. The first-order valence-corrected chi connectivity index (χ1v) is 6.30. The summed E-state index contributed by atoms with van der Waals surface area (Å²) in [5.74, 6) is 0. The average Bonchev–Trinajstić information content (AvgIpc) is 2.82. The standard InChI is InChI=1S/C15H17N3/c16-15-5-1-4-13-10-18(11-14(13)15)8-6-12-3-2-7-17-9-12/h1-5,7,9H,6,8,10-11,16H2. The van der Waals surface area contributed by atoms with Crippen LogP contribution in [0.15, 0.2) is 42.7 Å². The number of fused-ring (bicyclic) bond motifs is 1. The summed E-state index contributed by atoms with van der Waals surface area (Å²) in [6.45, 7) is 3.04. The SMILES string of the molecule is Nc1cccc2c1CN(CCc1cccnc1)C2. The van der Waals surface area contributed by atoms with Crippen molar-refractivity contribution >= 4 is 5.69 Å². The van der Waals surface area contributed by atoms with Gasteiger partial charge in [0.2, 0.25) is 0 Å². The molecule has 0 saturated heterocycles. The Bertz CT molecular complexity index is 537. The Labute approximate surface area is 107 Å². The van der Waals surface area contributed by atoms with E-state index in [4.69, 9.17) is 5.73 Å². The zero-order valence-electron chi connectivity index (χ0n) is 10.3. The van der Waals surface area contributed by atoms with Gasteiger partial charge in [-0.05, 0) is 35.2 Å². The molecule has 0 aliphatic carbocycles. The van der Waals surface area contributed by atoms with E-state index in [1.165, 1.54) is 16.7 Å². The maximum atomic E-state index is 6.00. The summed E-state index contributed by atoms with van der Waals surface area (Å²) in [6, 6.07) is 10.3. The lowest BCUT2D eigenvalue weighted by Crippen LogP contribution is -2.19. The summed E-state index contributed by atoms with van der Waals surface area (Å²) in [5, 5.41) is 0. The molecule has 1 aromatic carbocycles. The van der Waals surface area contributed by atoms with Crippen molar-refractivity contribution < 1.29 is 0 Å². The summed E-state index contributed by atoms with van der Waals surface area (Å²) in [5.41, 5.74) is 10.9. The van der Waals surface area contributed by atoms with Crippen molar-refractivity contribution in [1.82, 2.24) is 9.88 Å². The molecule has 3 heteroatoms. The van der Waals surface area contributed by atoms with Crippen molar-refractivity contribution in [1.29, 1.82) is 0 Å². The maximum Gasteiger partial charge on any atom is 0.0363 e. The topological polar surface area (TPSA) is 42.1 Å². The molecule has 2 heterocycles. The Morgan fingerprint density at radius 3 is 2.89 bits per heavy atom. The largest absolute Gasteiger partial charge is 0.398 e. The van der Waals surface area contributed by atoms with Crippen LogP contribution in [0.4, 0.5) is 5.69 Å². The number of anilines is 1. The molecule has 18 heavy (non-hydrogen) atoms. The third-order valence-corrected chi connectivity index (χ3v) is 3.52. The van der Waals surface area contributed by atoms with Crippen LogP contribution in [0.25, 0.3) is 0 Å². The van der Waals surface area contributed by atoms with Gasteiger partial charge in [-0.3, -0.25) is 9.88 Å². The van der Waals surface area contributed by atoms with Gasteiger partial charge < -0.3 is 5.73 Å². The van der Waals surface area contributed by atoms with Crippen LogP contribution in [0.3, 0.4) is 0 Å². The van der Waals surface area contributed by atoms with Crippen LogP contribution < -0.4 is 5.73 Å². The van der Waals surface area contributed by atoms with Crippen molar-refractivity contribution in [3.63, 3.8) is 0 Å². The predicted molar refractivity (Wildman–Crippen MR) is 72.9 cm³/mol. The van der Waals surface area contributed by atoms with Crippen LogP contribution in [-0.2, 0) is 19.5 Å². The number of aromatic nitrogens is 1. The summed E-state index contributed by atoms with van der Waals surface area (Å²) in [4.78, 5) is 6.58. The normalized spacial score (nSPS) is 14.7. The highest BCUT2D eigenvalue weighted by atomic mass is 15.1. The van der Waals surface area contributed by atoms with Gasteiger partial charge >= 0.3 is 0 Å². The Hall–Kier alpha value is -1.87. The highest BCUT2D eigenvalue weighted by molar-refractivity contribution is 5.52. The van der Waals surface area contributed by atoms with E-state index in [1.54, 1.807) is 0 Å². The van der Waals surface area contributed by atoms with E-state index in [2.05, 4.69) is 22.0 Å². The number of rotatable bonds is 3. The Balaban J connectivity index is 1.63. The van der Waals surface area contributed by atoms with Crippen LogP contribution in [0.5, 0.6) is 0 Å². The lowest BCUT2D eigenvalue weighted by molar-refractivity contribution is 0.288. The lowest BCUT2D eigenvalue weighted by Gasteiger charge is -2.14. The minimum absolute atomic E-state index is 0.927. The van der Waals surface area contributed by atoms with E-state index < -0.39 is 0 Å². The molecule has 2 aromatic rings. The zero-order valence-corrected chi connectivity index (χ0v) is 10.3. The lowest BCUT2D eigenvalue weighted by atomic mass is 10.1. The molecule has 0 fully saturated rings. The number of nitrogens with two attached hydrogens (primary N) is 1. The minimum atomic E-state index is 0.927. The second kappa shape index (κ2) is 4.78. The van der Waals surface area contributed by atoms with Gasteiger partial charge in [-0.15, -0.1) is 0 Å². The van der Waals surface area contributed by atoms with E-state index in [9.17, 15) is 0 Å². The fourth-order valence-electron chi connectivity index (χ4n) is 2.51. The molecular formula is C15H17N3. The number of nitrogens with zero attached hydrogens (tertiary/aromatic N) is 2. The van der Waals surface area contributed by atoms with Gasteiger partial charge in [0.05, 0.1) is 0 Å². The molecule has 0 radical (unpaired) electrons. The molecule has 0 saturated carbocycles. The number of nitrogen functional groups attached to an aromatic ring is 1. The van der Waals surface area contributed by atoms with Gasteiger partial charge in [-0.25, -0.2) is 0 Å². The van der Waals surface area contributed by atoms with E-state index in [1.807, 2.05) is 30.6 Å². The number of hydrogen-bond acceptors (Lipinski definition) is 3. The first kappa shape index (κ1) is 11.2. The molecule has 1 aliphatic heterocycles. The second-order valence-corrected chi connectivity index (χ2v) is 4.81. The first-order valence-electron chi connectivity index (χ1n) is 6.30. The second-order valence-electron chi connectivity index (χ2n) is 4.81. The maximum absolute atomic E-state index is 6.00. The van der Waals surface area contributed by atoms with Crippen molar-refractivity contribution in [3.05, 3.63) is 59.4 Å². The highest BCUT2D eigenvalue weighted by Gasteiger charge is 2.19. The van der Waals surface area contributed by atoms with E-state index in [0.717, 1.165) is 31.7 Å². The molecule has 0 unspecified atom stereocenters. The number of benzene rings is 1. The Kier molecular flexibility index (Phi) is 2.99. The fourth-order valence-corrected chi connectivity index (χ4v) is 2.51. The highest BCUT2D eigenvalue weighted by Crippen LogP contribution is 2.27. The third kappa shape index (κ3) is 2.22. The first-order chi connectivity index (χ1) is 8.83. The van der Waals surface area contributed by atoms with Crippen molar-refractivity contribution in [2.45, 2.75) is 19.5 Å². The molecule has 0 spiro atoms. The smallest absolute Gasteiger partial charge is 0.0363 e. The molecule has 0 bridgehead atoms. The Morgan fingerprint density at radius 2 is 2.11 bits per heavy atom. The molecular weight excluding hydrogens is 222 g/mol. The zero-order chi connectivity index (χ0) is 12.4. The summed E-state index contributed by atoms with van der Waals surface area (Å²) < 4.78 is 0. The predicted octanol–water partition coefficient (Wildman–Crippen LogP) is 2.22. The van der Waals surface area contributed by atoms with Gasteiger partial charge in [-0.1, -0.05) is 18.2 Å². The number of pyridine rings is 1. The van der Waals surface area contributed by atoms with Crippen molar-refractivity contribution in [3.8, 4) is 0 Å². The van der Waals surface area contributed by atoms with Crippen LogP contribution in [0, 0.1) is 0 Å². The molecule has 1 aromatic heterocycles. The van der Waals surface area contributed by atoms with Gasteiger partial charge in [0.15, 0.2) is 0 Å². The van der Waals surface area contributed by atoms with Crippen LogP contribution in [0.1, 0.15) is 16.7 Å². The molecule has 3 rings (SSSR count). The van der Waals surface area contributed by atoms with Crippen molar-refractivity contribution in [2.24, 2.45) is 0 Å². The number of hydrogen-bond donors (Lipinski definition) is 1. The molecule has 0 amide bonds. The molecule has 1 aliphatic rings. The van der Waals surface area contributed by atoms with Gasteiger partial charge in [0, 0.05) is 37.7 Å². The van der Waals surface area contributed by atoms with Gasteiger partial charge in [-0.2, -0.15) is 0 Å². The van der Waals surface area contributed by atoms with Crippen LogP contribution in [-0.4, -0.2) is 16.4 Å².